The van der Waals surface area contributed by atoms with Gasteiger partial charge in [0, 0.05) is 6.07 Å². The molecule has 1 N–H and O–H groups in total. The highest BCUT2D eigenvalue weighted by atomic mass is 32.2. The molecule has 0 saturated carbocycles. The predicted octanol–water partition coefficient (Wildman–Crippen LogP) is 1.59. The molecule has 19 heavy (non-hydrogen) atoms. The Bertz CT molecular complexity index is 604. The average molecular weight is 298 g/mol. The van der Waals surface area contributed by atoms with Crippen molar-refractivity contribution in [2.45, 2.75) is 18.2 Å². The van der Waals surface area contributed by atoms with E-state index in [1.165, 1.54) is 6.92 Å². The van der Waals surface area contributed by atoms with Crippen LogP contribution in [0.2, 0.25) is 0 Å². The topological polar surface area (TPSA) is 89.3 Å². The number of hydrogen-bond donors (Lipinski definition) is 1. The molecule has 0 unspecified atom stereocenters. The van der Waals surface area contributed by atoms with Crippen LogP contribution in [0.25, 0.3) is 0 Å². The summed E-state index contributed by atoms with van der Waals surface area (Å²) in [5, 5.41) is 10.5. The third kappa shape index (κ3) is 3.64. The Kier molecular flexibility index (Phi) is 4.48. The van der Waals surface area contributed by atoms with E-state index in [-0.39, 0.29) is 5.56 Å². The number of halogens is 3. The lowest BCUT2D eigenvalue weighted by Crippen LogP contribution is -2.29. The van der Waals surface area contributed by atoms with Crippen molar-refractivity contribution >= 4 is 15.7 Å². The van der Waals surface area contributed by atoms with Gasteiger partial charge in [-0.3, -0.25) is 10.1 Å². The Hall–Kier alpha value is -1.68. The van der Waals surface area contributed by atoms with Gasteiger partial charge in [0.25, 0.3) is 6.43 Å². The van der Waals surface area contributed by atoms with Crippen molar-refractivity contribution in [3.05, 3.63) is 33.6 Å². The van der Waals surface area contributed by atoms with Crippen LogP contribution < -0.4 is 4.72 Å². The second kappa shape index (κ2) is 5.53. The van der Waals surface area contributed by atoms with E-state index in [4.69, 9.17) is 0 Å². The van der Waals surface area contributed by atoms with Crippen LogP contribution in [0.4, 0.5) is 18.9 Å². The Morgan fingerprint density at radius 1 is 1.42 bits per heavy atom. The first-order chi connectivity index (χ1) is 8.65. The van der Waals surface area contributed by atoms with Crippen molar-refractivity contribution in [3.63, 3.8) is 0 Å². The first-order valence-corrected chi connectivity index (χ1v) is 6.36. The van der Waals surface area contributed by atoms with Crippen molar-refractivity contribution in [3.8, 4) is 0 Å². The number of nitrogens with zero attached hydrogens (tertiary/aromatic N) is 1. The van der Waals surface area contributed by atoms with Crippen molar-refractivity contribution in [1.29, 1.82) is 0 Å². The smallest absolute Gasteiger partial charge is 0.258 e. The number of alkyl halides is 2. The lowest BCUT2D eigenvalue weighted by atomic mass is 10.2. The summed E-state index contributed by atoms with van der Waals surface area (Å²) in [5.41, 5.74) is -1.16. The number of nitro groups is 1. The highest BCUT2D eigenvalue weighted by molar-refractivity contribution is 7.89. The van der Waals surface area contributed by atoms with Crippen LogP contribution in [0.3, 0.4) is 0 Å². The van der Waals surface area contributed by atoms with E-state index in [0.29, 0.717) is 12.1 Å². The van der Waals surface area contributed by atoms with E-state index in [9.17, 15) is 31.7 Å². The average Bonchev–Trinajstić information content (AvgIpc) is 2.25. The predicted molar refractivity (Wildman–Crippen MR) is 59.0 cm³/mol. The zero-order valence-electron chi connectivity index (χ0n) is 9.56. The van der Waals surface area contributed by atoms with Gasteiger partial charge in [-0.1, -0.05) is 0 Å². The van der Waals surface area contributed by atoms with Crippen molar-refractivity contribution in [2.24, 2.45) is 0 Å². The fraction of sp³-hybridized carbons (Fsp3) is 0.333. The van der Waals surface area contributed by atoms with E-state index in [2.05, 4.69) is 0 Å². The summed E-state index contributed by atoms with van der Waals surface area (Å²) in [7, 11) is -4.36. The maximum Gasteiger partial charge on any atom is 0.306 e. The molecule has 0 aromatic heterocycles. The molecule has 1 aromatic carbocycles. The van der Waals surface area contributed by atoms with Gasteiger partial charge in [0.1, 0.15) is 0 Å². The largest absolute Gasteiger partial charge is 0.306 e. The van der Waals surface area contributed by atoms with Crippen molar-refractivity contribution in [1.82, 2.24) is 4.72 Å². The molecule has 0 spiro atoms. The van der Waals surface area contributed by atoms with Gasteiger partial charge in [0.05, 0.1) is 16.4 Å². The Morgan fingerprint density at radius 3 is 2.47 bits per heavy atom. The number of rotatable bonds is 5. The van der Waals surface area contributed by atoms with Crippen LogP contribution in [0.15, 0.2) is 17.0 Å². The molecule has 0 bridgehead atoms. The summed E-state index contributed by atoms with van der Waals surface area (Å²) in [4.78, 5) is 8.80. The minimum Gasteiger partial charge on any atom is -0.258 e. The first-order valence-electron chi connectivity index (χ1n) is 4.87. The normalized spacial score (nSPS) is 11.8. The lowest BCUT2D eigenvalue weighted by molar-refractivity contribution is -0.387. The summed E-state index contributed by atoms with van der Waals surface area (Å²) in [6.45, 7) is 0.0662. The molecule has 0 heterocycles. The van der Waals surface area contributed by atoms with Gasteiger partial charge in [-0.05, 0) is 18.6 Å². The van der Waals surface area contributed by atoms with Crippen LogP contribution in [0, 0.1) is 22.9 Å². The minimum absolute atomic E-state index is 0.120. The molecule has 0 amide bonds. The molecule has 0 fully saturated rings. The fourth-order valence-electron chi connectivity index (χ4n) is 1.32. The molecule has 0 saturated heterocycles. The molecule has 0 atom stereocenters. The SMILES string of the molecule is Cc1cc(F)c([N+](=O)[O-])cc1S(=O)(=O)NCC(F)F. The molecule has 1 aromatic rings. The van der Waals surface area contributed by atoms with Crippen LogP contribution >= 0.6 is 0 Å². The van der Waals surface area contributed by atoms with Crippen LogP contribution in [-0.4, -0.2) is 26.3 Å². The lowest BCUT2D eigenvalue weighted by Gasteiger charge is -2.09. The Morgan fingerprint density at radius 2 is 2.00 bits per heavy atom. The molecule has 1 rings (SSSR count). The molecule has 6 nitrogen and oxygen atoms in total. The monoisotopic (exact) mass is 298 g/mol. The highest BCUT2D eigenvalue weighted by Gasteiger charge is 2.24. The zero-order valence-corrected chi connectivity index (χ0v) is 10.4. The van der Waals surface area contributed by atoms with Crippen molar-refractivity contribution in [2.75, 3.05) is 6.54 Å². The van der Waals surface area contributed by atoms with Crippen LogP contribution in [-0.2, 0) is 10.0 Å². The van der Waals surface area contributed by atoms with E-state index in [1.807, 2.05) is 0 Å². The molecular weight excluding hydrogens is 289 g/mol. The second-order valence-electron chi connectivity index (χ2n) is 3.57. The quantitative estimate of drug-likeness (QED) is 0.660. The standard InChI is InChI=1S/C9H9F3N2O4S/c1-5-2-6(10)7(14(15)16)3-8(5)19(17,18)13-4-9(11)12/h2-3,9,13H,4H2,1H3. The summed E-state index contributed by atoms with van der Waals surface area (Å²) in [6.07, 6.45) is -2.91. The van der Waals surface area contributed by atoms with E-state index < -0.39 is 44.3 Å². The summed E-state index contributed by atoms with van der Waals surface area (Å²) < 4.78 is 62.0. The maximum atomic E-state index is 13.2. The van der Waals surface area contributed by atoms with Gasteiger partial charge in [0.15, 0.2) is 0 Å². The highest BCUT2D eigenvalue weighted by Crippen LogP contribution is 2.25. The molecule has 106 valence electrons. The van der Waals surface area contributed by atoms with Gasteiger partial charge in [0.2, 0.25) is 15.8 Å². The molecule has 0 aliphatic heterocycles. The van der Waals surface area contributed by atoms with Gasteiger partial charge >= 0.3 is 5.69 Å². The maximum absolute atomic E-state index is 13.2. The number of sulfonamides is 1. The number of benzene rings is 1. The van der Waals surface area contributed by atoms with Gasteiger partial charge in [-0.15, -0.1) is 0 Å². The third-order valence-electron chi connectivity index (χ3n) is 2.16. The Balaban J connectivity index is 3.27. The zero-order chi connectivity index (χ0) is 14.8. The minimum atomic E-state index is -4.36. The molecule has 0 radical (unpaired) electrons. The summed E-state index contributed by atoms with van der Waals surface area (Å²) in [5.74, 6) is -1.20. The first kappa shape index (κ1) is 15.4. The van der Waals surface area contributed by atoms with Gasteiger partial charge in [-0.25, -0.2) is 21.9 Å². The Labute approximate surface area is 106 Å². The number of nitrogens with one attached hydrogen (secondary N) is 1. The fourth-order valence-corrected chi connectivity index (χ4v) is 2.57. The molecule has 0 aliphatic carbocycles. The molecule has 10 heteroatoms. The van der Waals surface area contributed by atoms with E-state index in [0.717, 1.165) is 0 Å². The van der Waals surface area contributed by atoms with Gasteiger partial charge < -0.3 is 0 Å². The number of hydrogen-bond acceptors (Lipinski definition) is 4. The van der Waals surface area contributed by atoms with E-state index in [1.54, 1.807) is 4.72 Å². The summed E-state index contributed by atoms with van der Waals surface area (Å²) in [6, 6.07) is 1.16. The number of nitro benzene ring substituents is 1. The van der Waals surface area contributed by atoms with E-state index >= 15 is 0 Å². The second-order valence-corrected chi connectivity index (χ2v) is 5.30. The van der Waals surface area contributed by atoms with Crippen LogP contribution in [0.5, 0.6) is 0 Å². The molecular formula is C9H9F3N2O4S. The summed E-state index contributed by atoms with van der Waals surface area (Å²) >= 11 is 0. The number of aryl methyl sites for hydroxylation is 1. The van der Waals surface area contributed by atoms with Crippen molar-refractivity contribution < 1.29 is 26.5 Å². The van der Waals surface area contributed by atoms with Gasteiger partial charge in [-0.2, -0.15) is 4.39 Å². The molecule has 0 aliphatic rings. The third-order valence-corrected chi connectivity index (χ3v) is 3.72. The van der Waals surface area contributed by atoms with Crippen LogP contribution in [0.1, 0.15) is 5.56 Å².